The number of carbonyl (C=O) groups excluding carboxylic acids is 1. The molecule has 5 nitrogen and oxygen atoms in total. The van der Waals surface area contributed by atoms with Crippen LogP contribution in [-0.2, 0) is 10.5 Å². The molecule has 128 valence electrons. The molecule has 1 N–H and O–H groups in total. The number of carbonyl (C=O) groups is 1. The maximum absolute atomic E-state index is 12.1. The number of fused-ring (bicyclic) bond motifs is 1. The van der Waals surface area contributed by atoms with Gasteiger partial charge in [-0.2, -0.15) is 0 Å². The standard InChI is InChI=1S/C19H19N3O2S/c1-13-7-14(2)9-15(8-13)21-18(23)12-25-11-16-10-19(24)22-6-4-3-5-17(22)20-16/h3-10H,11-12H2,1-2H3,(H,21,23). The van der Waals surface area contributed by atoms with E-state index in [-0.39, 0.29) is 11.5 Å². The molecule has 6 heteroatoms. The number of benzene rings is 1. The molecule has 0 aliphatic heterocycles. The van der Waals surface area contributed by atoms with Crippen LogP contribution in [0.2, 0.25) is 0 Å². The molecular weight excluding hydrogens is 334 g/mol. The van der Waals surface area contributed by atoms with Gasteiger partial charge in [0.05, 0.1) is 11.4 Å². The summed E-state index contributed by atoms with van der Waals surface area (Å²) in [4.78, 5) is 28.6. The number of amides is 1. The Morgan fingerprint density at radius 3 is 2.68 bits per heavy atom. The average molecular weight is 353 g/mol. The summed E-state index contributed by atoms with van der Waals surface area (Å²) in [6.45, 7) is 4.00. The SMILES string of the molecule is Cc1cc(C)cc(NC(=O)CSCc2cc(=O)n3ccccc3n2)c1. The first-order chi connectivity index (χ1) is 12.0. The van der Waals surface area contributed by atoms with Crippen LogP contribution in [0.4, 0.5) is 5.69 Å². The number of hydrogen-bond acceptors (Lipinski definition) is 4. The van der Waals surface area contributed by atoms with Crippen molar-refractivity contribution >= 4 is 29.0 Å². The Hall–Kier alpha value is -2.60. The quantitative estimate of drug-likeness (QED) is 0.765. The molecule has 0 atom stereocenters. The van der Waals surface area contributed by atoms with E-state index >= 15 is 0 Å². The van der Waals surface area contributed by atoms with Crippen LogP contribution in [-0.4, -0.2) is 21.0 Å². The van der Waals surface area contributed by atoms with Crippen LogP contribution in [0.3, 0.4) is 0 Å². The van der Waals surface area contributed by atoms with Gasteiger partial charge >= 0.3 is 0 Å². The number of rotatable bonds is 5. The van der Waals surface area contributed by atoms with Gasteiger partial charge in [0, 0.05) is 23.7 Å². The second-order valence-electron chi connectivity index (χ2n) is 5.93. The fourth-order valence-corrected chi connectivity index (χ4v) is 3.39. The third kappa shape index (κ3) is 4.48. The van der Waals surface area contributed by atoms with Gasteiger partial charge in [-0.15, -0.1) is 11.8 Å². The molecule has 0 unspecified atom stereocenters. The third-order valence-corrected chi connectivity index (χ3v) is 4.58. The van der Waals surface area contributed by atoms with Crippen LogP contribution in [0.1, 0.15) is 16.8 Å². The number of thioether (sulfide) groups is 1. The second kappa shape index (κ2) is 7.53. The Morgan fingerprint density at radius 1 is 1.16 bits per heavy atom. The van der Waals surface area contributed by atoms with Gasteiger partial charge in [0.15, 0.2) is 0 Å². The van der Waals surface area contributed by atoms with Gasteiger partial charge in [0.1, 0.15) is 5.65 Å². The summed E-state index contributed by atoms with van der Waals surface area (Å²) in [5.74, 6) is 0.761. The van der Waals surface area contributed by atoms with Crippen LogP contribution in [0.5, 0.6) is 0 Å². The molecule has 3 aromatic rings. The largest absolute Gasteiger partial charge is 0.325 e. The van der Waals surface area contributed by atoms with Crippen molar-refractivity contribution in [1.29, 1.82) is 0 Å². The highest BCUT2D eigenvalue weighted by Gasteiger charge is 2.06. The Labute approximate surface area is 150 Å². The van der Waals surface area contributed by atoms with E-state index in [2.05, 4.69) is 16.4 Å². The summed E-state index contributed by atoms with van der Waals surface area (Å²) in [6.07, 6.45) is 1.69. The van der Waals surface area contributed by atoms with Crippen molar-refractivity contribution in [3.8, 4) is 0 Å². The third-order valence-electron chi connectivity index (χ3n) is 3.61. The molecule has 0 radical (unpaired) electrons. The number of hydrogen-bond donors (Lipinski definition) is 1. The first kappa shape index (κ1) is 17.2. The van der Waals surface area contributed by atoms with Crippen LogP contribution < -0.4 is 10.9 Å². The Kier molecular flexibility index (Phi) is 5.19. The van der Waals surface area contributed by atoms with E-state index in [1.807, 2.05) is 32.0 Å². The Bertz CT molecular complexity index is 962. The zero-order chi connectivity index (χ0) is 17.8. The molecule has 0 fully saturated rings. The molecule has 0 aliphatic carbocycles. The van der Waals surface area contributed by atoms with Crippen molar-refractivity contribution in [3.63, 3.8) is 0 Å². The molecule has 25 heavy (non-hydrogen) atoms. The predicted molar refractivity (Wildman–Crippen MR) is 102 cm³/mol. The van der Waals surface area contributed by atoms with E-state index in [9.17, 15) is 9.59 Å². The summed E-state index contributed by atoms with van der Waals surface area (Å²) >= 11 is 1.44. The minimum Gasteiger partial charge on any atom is -0.325 e. The van der Waals surface area contributed by atoms with E-state index in [4.69, 9.17) is 0 Å². The topological polar surface area (TPSA) is 63.5 Å². The lowest BCUT2D eigenvalue weighted by Gasteiger charge is -2.08. The van der Waals surface area contributed by atoms with Gasteiger partial charge in [-0.25, -0.2) is 4.98 Å². The molecule has 2 aromatic heterocycles. The minimum atomic E-state index is -0.110. The molecule has 0 aliphatic rings. The smallest absolute Gasteiger partial charge is 0.258 e. The summed E-state index contributed by atoms with van der Waals surface area (Å²) in [5.41, 5.74) is 4.23. The van der Waals surface area contributed by atoms with Crippen molar-refractivity contribution in [3.05, 3.63) is 75.8 Å². The molecule has 1 aromatic carbocycles. The highest BCUT2D eigenvalue weighted by atomic mass is 32.2. The van der Waals surface area contributed by atoms with Crippen LogP contribution in [0.15, 0.2) is 53.5 Å². The number of nitrogens with zero attached hydrogens (tertiary/aromatic N) is 2. The predicted octanol–water partition coefficient (Wildman–Crippen LogP) is 3.18. The van der Waals surface area contributed by atoms with Crippen LogP contribution in [0.25, 0.3) is 5.65 Å². The molecule has 0 spiro atoms. The zero-order valence-corrected chi connectivity index (χ0v) is 15.0. The van der Waals surface area contributed by atoms with Gasteiger partial charge in [0.2, 0.25) is 5.91 Å². The fraction of sp³-hybridized carbons (Fsp3) is 0.211. The number of anilines is 1. The Balaban J connectivity index is 1.59. The number of aromatic nitrogens is 2. The lowest BCUT2D eigenvalue weighted by molar-refractivity contribution is -0.113. The van der Waals surface area contributed by atoms with Gasteiger partial charge in [0.25, 0.3) is 5.56 Å². The number of aryl methyl sites for hydroxylation is 2. The van der Waals surface area contributed by atoms with Gasteiger partial charge in [-0.3, -0.25) is 14.0 Å². The average Bonchev–Trinajstić information content (AvgIpc) is 2.54. The van der Waals surface area contributed by atoms with E-state index in [0.717, 1.165) is 16.8 Å². The minimum absolute atomic E-state index is 0.0625. The number of pyridine rings is 1. The molecule has 3 rings (SSSR count). The fourth-order valence-electron chi connectivity index (χ4n) is 2.67. The van der Waals surface area contributed by atoms with Crippen molar-refractivity contribution in [2.24, 2.45) is 0 Å². The van der Waals surface area contributed by atoms with Crippen molar-refractivity contribution in [2.75, 3.05) is 11.1 Å². The van der Waals surface area contributed by atoms with Crippen LogP contribution in [0, 0.1) is 13.8 Å². The first-order valence-electron chi connectivity index (χ1n) is 7.94. The Morgan fingerprint density at radius 2 is 1.92 bits per heavy atom. The molecular formula is C19H19N3O2S. The molecule has 0 bridgehead atoms. The van der Waals surface area contributed by atoms with Crippen molar-refractivity contribution < 1.29 is 4.79 Å². The summed E-state index contributed by atoms with van der Waals surface area (Å²) < 4.78 is 1.50. The summed E-state index contributed by atoms with van der Waals surface area (Å²) in [5, 5.41) is 2.90. The van der Waals surface area contributed by atoms with Crippen LogP contribution >= 0.6 is 11.8 Å². The van der Waals surface area contributed by atoms with Gasteiger partial charge < -0.3 is 5.32 Å². The van der Waals surface area contributed by atoms with E-state index in [1.54, 1.807) is 18.3 Å². The lowest BCUT2D eigenvalue weighted by atomic mass is 10.1. The lowest BCUT2D eigenvalue weighted by Crippen LogP contribution is -2.16. The van der Waals surface area contributed by atoms with E-state index in [0.29, 0.717) is 22.8 Å². The summed E-state index contributed by atoms with van der Waals surface area (Å²) in [7, 11) is 0. The molecule has 2 heterocycles. The molecule has 0 saturated carbocycles. The highest BCUT2D eigenvalue weighted by molar-refractivity contribution is 7.99. The highest BCUT2D eigenvalue weighted by Crippen LogP contribution is 2.15. The van der Waals surface area contributed by atoms with E-state index < -0.39 is 0 Å². The van der Waals surface area contributed by atoms with E-state index in [1.165, 1.54) is 22.2 Å². The normalized spacial score (nSPS) is 10.8. The summed E-state index contributed by atoms with van der Waals surface area (Å²) in [6, 6.07) is 12.9. The zero-order valence-electron chi connectivity index (χ0n) is 14.2. The monoisotopic (exact) mass is 353 g/mol. The molecule has 1 amide bonds. The number of nitrogens with one attached hydrogen (secondary N) is 1. The maximum Gasteiger partial charge on any atom is 0.258 e. The van der Waals surface area contributed by atoms with Crippen molar-refractivity contribution in [2.45, 2.75) is 19.6 Å². The first-order valence-corrected chi connectivity index (χ1v) is 9.10. The second-order valence-corrected chi connectivity index (χ2v) is 6.92. The van der Waals surface area contributed by atoms with Gasteiger partial charge in [-0.1, -0.05) is 12.1 Å². The van der Waals surface area contributed by atoms with Gasteiger partial charge in [-0.05, 0) is 49.2 Å². The maximum atomic E-state index is 12.1. The molecule has 0 saturated heterocycles. The van der Waals surface area contributed by atoms with Crippen molar-refractivity contribution in [1.82, 2.24) is 9.38 Å².